The number of nitrogens with zero attached hydrogens (tertiary/aromatic N) is 3. The Morgan fingerprint density at radius 3 is 2.58 bits per heavy atom. The monoisotopic (exact) mass is 471 g/mol. The summed E-state index contributed by atoms with van der Waals surface area (Å²) in [6.07, 6.45) is 1.56. The van der Waals surface area contributed by atoms with Crippen LogP contribution in [0.2, 0.25) is 0 Å². The average Bonchev–Trinajstić information content (AvgIpc) is 3.27. The highest BCUT2D eigenvalue weighted by molar-refractivity contribution is 7.13. The van der Waals surface area contributed by atoms with Gasteiger partial charge in [-0.25, -0.2) is 9.78 Å². The number of rotatable bonds is 9. The Hall–Kier alpha value is -3.40. The SMILES string of the molecule is CCCCn1c(N)c(N(CC(C)C)C(=O)c2csc(-c3ccc(OC)cc3)n2)c(=O)[nH]c1=O. The van der Waals surface area contributed by atoms with Gasteiger partial charge in [-0.05, 0) is 36.6 Å². The minimum atomic E-state index is -0.690. The summed E-state index contributed by atoms with van der Waals surface area (Å²) in [5.74, 6) is 0.306. The van der Waals surface area contributed by atoms with Crippen molar-refractivity contribution in [3.63, 3.8) is 0 Å². The van der Waals surface area contributed by atoms with Gasteiger partial charge < -0.3 is 10.5 Å². The summed E-state index contributed by atoms with van der Waals surface area (Å²) in [5, 5.41) is 2.33. The van der Waals surface area contributed by atoms with E-state index in [0.29, 0.717) is 18.0 Å². The van der Waals surface area contributed by atoms with Crippen molar-refractivity contribution in [3.05, 3.63) is 56.2 Å². The fourth-order valence-electron chi connectivity index (χ4n) is 3.39. The van der Waals surface area contributed by atoms with Gasteiger partial charge in [0.15, 0.2) is 5.69 Å². The summed E-state index contributed by atoms with van der Waals surface area (Å²) >= 11 is 1.33. The zero-order valence-corrected chi connectivity index (χ0v) is 20.1. The highest BCUT2D eigenvalue weighted by Crippen LogP contribution is 2.27. The number of carbonyl (C=O) groups is 1. The molecule has 0 fully saturated rings. The Kier molecular flexibility index (Phi) is 7.70. The van der Waals surface area contributed by atoms with Crippen LogP contribution in [0.4, 0.5) is 11.5 Å². The number of nitrogens with one attached hydrogen (secondary N) is 1. The number of thiazole rings is 1. The third-order valence-corrected chi connectivity index (χ3v) is 5.96. The van der Waals surface area contributed by atoms with Gasteiger partial charge in [0.1, 0.15) is 22.3 Å². The number of hydrogen-bond donors (Lipinski definition) is 2. The van der Waals surface area contributed by atoms with Gasteiger partial charge in [-0.15, -0.1) is 11.3 Å². The fraction of sp³-hybridized carbons (Fsp3) is 0.391. The van der Waals surface area contributed by atoms with E-state index in [0.717, 1.165) is 17.7 Å². The summed E-state index contributed by atoms with van der Waals surface area (Å²) in [6, 6.07) is 7.38. The number of hydrogen-bond acceptors (Lipinski definition) is 7. The molecule has 0 saturated carbocycles. The standard InChI is InChI=1S/C23H29N5O4S/c1-5-6-11-27-19(24)18(20(29)26-23(27)31)28(12-14(2)3)22(30)17-13-33-21(25-17)15-7-9-16(32-4)10-8-15/h7-10,13-14H,5-6,11-12,24H2,1-4H3,(H,26,29,31). The van der Waals surface area contributed by atoms with Crippen LogP contribution in [-0.2, 0) is 6.54 Å². The van der Waals surface area contributed by atoms with Crippen molar-refractivity contribution >= 4 is 28.7 Å². The van der Waals surface area contributed by atoms with Crippen LogP contribution in [0, 0.1) is 5.92 Å². The van der Waals surface area contributed by atoms with E-state index >= 15 is 0 Å². The molecule has 0 aliphatic carbocycles. The molecule has 1 amide bonds. The smallest absolute Gasteiger partial charge is 0.330 e. The molecule has 0 unspecified atom stereocenters. The molecule has 10 heteroatoms. The molecule has 9 nitrogen and oxygen atoms in total. The molecule has 0 aliphatic heterocycles. The van der Waals surface area contributed by atoms with E-state index < -0.39 is 17.2 Å². The molecule has 0 aliphatic rings. The number of carbonyl (C=O) groups excluding carboxylic acids is 1. The molecule has 2 heterocycles. The number of H-pyrrole nitrogens is 1. The third kappa shape index (κ3) is 5.33. The summed E-state index contributed by atoms with van der Waals surface area (Å²) < 4.78 is 6.49. The zero-order valence-electron chi connectivity index (χ0n) is 19.3. The van der Waals surface area contributed by atoms with Crippen molar-refractivity contribution in [2.24, 2.45) is 5.92 Å². The Bertz CT molecular complexity index is 1230. The minimum Gasteiger partial charge on any atom is -0.497 e. The van der Waals surface area contributed by atoms with Crippen molar-refractivity contribution in [3.8, 4) is 16.3 Å². The summed E-state index contributed by atoms with van der Waals surface area (Å²) in [6.45, 7) is 6.45. The minimum absolute atomic E-state index is 0.0168. The molecule has 176 valence electrons. The van der Waals surface area contributed by atoms with Gasteiger partial charge in [0, 0.05) is 24.0 Å². The molecule has 0 saturated heterocycles. The molecule has 0 spiro atoms. The van der Waals surface area contributed by atoms with Crippen LogP contribution in [0.3, 0.4) is 0 Å². The lowest BCUT2D eigenvalue weighted by molar-refractivity contribution is 0.0979. The number of benzene rings is 1. The molecule has 1 aromatic carbocycles. The lowest BCUT2D eigenvalue weighted by Crippen LogP contribution is -2.42. The van der Waals surface area contributed by atoms with Gasteiger partial charge in [-0.3, -0.25) is 24.0 Å². The number of nitrogens with two attached hydrogens (primary N) is 1. The largest absolute Gasteiger partial charge is 0.497 e. The van der Waals surface area contributed by atoms with E-state index in [1.165, 1.54) is 20.8 Å². The number of methoxy groups -OCH3 is 1. The van der Waals surface area contributed by atoms with Crippen LogP contribution in [-0.4, -0.2) is 34.1 Å². The number of aromatic nitrogens is 3. The third-order valence-electron chi connectivity index (χ3n) is 5.07. The highest BCUT2D eigenvalue weighted by Gasteiger charge is 2.27. The summed E-state index contributed by atoms with van der Waals surface area (Å²) in [7, 11) is 1.59. The van der Waals surface area contributed by atoms with Crippen LogP contribution in [0.15, 0.2) is 39.2 Å². The maximum absolute atomic E-state index is 13.5. The van der Waals surface area contributed by atoms with E-state index in [4.69, 9.17) is 10.5 Å². The normalized spacial score (nSPS) is 11.1. The summed E-state index contributed by atoms with van der Waals surface area (Å²) in [4.78, 5) is 46.7. The predicted molar refractivity (Wildman–Crippen MR) is 131 cm³/mol. The first-order valence-electron chi connectivity index (χ1n) is 10.8. The van der Waals surface area contributed by atoms with Crippen LogP contribution in [0.25, 0.3) is 10.6 Å². The van der Waals surface area contributed by atoms with Crippen molar-refractivity contribution in [1.82, 2.24) is 14.5 Å². The Morgan fingerprint density at radius 1 is 1.27 bits per heavy atom. The number of ether oxygens (including phenoxy) is 1. The average molecular weight is 472 g/mol. The predicted octanol–water partition coefficient (Wildman–Crippen LogP) is 3.35. The molecule has 0 radical (unpaired) electrons. The molecule has 0 bridgehead atoms. The summed E-state index contributed by atoms with van der Waals surface area (Å²) in [5.41, 5.74) is 6.02. The second-order valence-corrected chi connectivity index (χ2v) is 8.93. The topological polar surface area (TPSA) is 123 Å². The van der Waals surface area contributed by atoms with Gasteiger partial charge in [0.25, 0.3) is 11.5 Å². The number of unbranched alkanes of at least 4 members (excludes halogenated alkanes) is 1. The van der Waals surface area contributed by atoms with E-state index in [1.54, 1.807) is 12.5 Å². The Morgan fingerprint density at radius 2 is 1.97 bits per heavy atom. The molecular formula is C23H29N5O4S. The van der Waals surface area contributed by atoms with Crippen LogP contribution in [0.5, 0.6) is 5.75 Å². The van der Waals surface area contributed by atoms with Gasteiger partial charge in [-0.1, -0.05) is 27.2 Å². The lowest BCUT2D eigenvalue weighted by atomic mass is 10.2. The van der Waals surface area contributed by atoms with Crippen molar-refractivity contribution in [2.75, 3.05) is 24.3 Å². The van der Waals surface area contributed by atoms with Gasteiger partial charge in [-0.2, -0.15) is 0 Å². The quantitative estimate of drug-likeness (QED) is 0.493. The van der Waals surface area contributed by atoms with Crippen LogP contribution >= 0.6 is 11.3 Å². The maximum Gasteiger partial charge on any atom is 0.330 e. The number of aromatic amines is 1. The van der Waals surface area contributed by atoms with Crippen LogP contribution in [0.1, 0.15) is 44.1 Å². The molecular weight excluding hydrogens is 442 g/mol. The van der Waals surface area contributed by atoms with Crippen molar-refractivity contribution in [1.29, 1.82) is 0 Å². The Balaban J connectivity index is 2.02. The second kappa shape index (κ2) is 10.5. The van der Waals surface area contributed by atoms with Crippen molar-refractivity contribution in [2.45, 2.75) is 40.2 Å². The van der Waals surface area contributed by atoms with E-state index in [1.807, 2.05) is 45.0 Å². The van der Waals surface area contributed by atoms with E-state index in [9.17, 15) is 14.4 Å². The van der Waals surface area contributed by atoms with Crippen LogP contribution < -0.4 is 26.6 Å². The molecule has 2 aromatic heterocycles. The van der Waals surface area contributed by atoms with E-state index in [-0.39, 0.29) is 29.7 Å². The lowest BCUT2D eigenvalue weighted by Gasteiger charge is -2.25. The molecule has 3 aromatic rings. The molecule has 3 rings (SSSR count). The Labute approximate surface area is 195 Å². The van der Waals surface area contributed by atoms with Crippen molar-refractivity contribution < 1.29 is 9.53 Å². The second-order valence-electron chi connectivity index (χ2n) is 8.07. The fourth-order valence-corrected chi connectivity index (χ4v) is 4.19. The molecule has 0 atom stereocenters. The first-order chi connectivity index (χ1) is 15.8. The van der Waals surface area contributed by atoms with Gasteiger partial charge >= 0.3 is 5.69 Å². The molecule has 3 N–H and O–H groups in total. The maximum atomic E-state index is 13.5. The number of anilines is 2. The first kappa shape index (κ1) is 24.2. The highest BCUT2D eigenvalue weighted by atomic mass is 32.1. The number of nitrogen functional groups attached to an aromatic ring is 1. The molecule has 33 heavy (non-hydrogen) atoms. The van der Waals surface area contributed by atoms with Gasteiger partial charge in [0.2, 0.25) is 0 Å². The zero-order chi connectivity index (χ0) is 24.1. The first-order valence-corrected chi connectivity index (χ1v) is 11.7. The van der Waals surface area contributed by atoms with Gasteiger partial charge in [0.05, 0.1) is 7.11 Å². The van der Waals surface area contributed by atoms with E-state index in [2.05, 4.69) is 9.97 Å². The number of amides is 1.